The number of nitrogens with two attached hydrogens (primary N) is 1. The van der Waals surface area contributed by atoms with Crippen LogP contribution in [-0.2, 0) is 10.2 Å². The largest absolute Gasteiger partial charge is 0.333 e. The first kappa shape index (κ1) is 18.1. The number of amides is 1. The average Bonchev–Trinajstić information content (AvgIpc) is 2.53. The molecule has 128 valence electrons. The van der Waals surface area contributed by atoms with Crippen LogP contribution in [0.4, 0.5) is 10.1 Å². The molecule has 0 spiro atoms. The lowest BCUT2D eigenvalue weighted by Crippen LogP contribution is -2.86. The van der Waals surface area contributed by atoms with Crippen molar-refractivity contribution in [3.05, 3.63) is 65.5 Å². The minimum absolute atomic E-state index is 0.0486. The second kappa shape index (κ2) is 7.58. The summed E-state index contributed by atoms with van der Waals surface area (Å²) >= 11 is 0. The molecular formula is C20H26FN2O+. The van der Waals surface area contributed by atoms with Crippen LogP contribution in [0.25, 0.3) is 0 Å². The van der Waals surface area contributed by atoms with E-state index in [0.29, 0.717) is 6.54 Å². The molecule has 0 aliphatic heterocycles. The molecule has 2 aromatic carbocycles. The van der Waals surface area contributed by atoms with Gasteiger partial charge in [-0.1, -0.05) is 45.0 Å². The second-order valence-electron chi connectivity index (χ2n) is 7.16. The number of quaternary nitrogens is 1. The third-order valence-corrected chi connectivity index (χ3v) is 4.09. The molecule has 2 rings (SSSR count). The van der Waals surface area contributed by atoms with Crippen molar-refractivity contribution in [2.45, 2.75) is 39.2 Å². The van der Waals surface area contributed by atoms with E-state index in [4.69, 9.17) is 0 Å². The molecule has 4 heteroatoms. The zero-order valence-electron chi connectivity index (χ0n) is 14.8. The molecule has 0 saturated heterocycles. The standard InChI is InChI=1S/C20H25FN2O/c1-14(15-5-9-17(21)10-6-15)22-13-19(24)23-18-11-7-16(8-12-18)20(2,3)4/h5-12,14,22H,13H2,1-4H3,(H,23,24)/p+1/t14-/m1/s1. The smallest absolute Gasteiger partial charge is 0.279 e. The summed E-state index contributed by atoms with van der Waals surface area (Å²) in [5, 5.41) is 4.84. The normalized spacial score (nSPS) is 12.7. The predicted molar refractivity (Wildman–Crippen MR) is 95.4 cm³/mol. The van der Waals surface area contributed by atoms with Gasteiger partial charge >= 0.3 is 0 Å². The van der Waals surface area contributed by atoms with Gasteiger partial charge in [0.1, 0.15) is 11.9 Å². The molecule has 2 aromatic rings. The van der Waals surface area contributed by atoms with Crippen molar-refractivity contribution in [1.82, 2.24) is 0 Å². The minimum atomic E-state index is -0.248. The number of halogens is 1. The van der Waals surface area contributed by atoms with E-state index >= 15 is 0 Å². The van der Waals surface area contributed by atoms with Crippen molar-refractivity contribution < 1.29 is 14.5 Å². The maximum atomic E-state index is 12.9. The number of carbonyl (C=O) groups excluding carboxylic acids is 1. The maximum absolute atomic E-state index is 12.9. The molecule has 1 amide bonds. The van der Waals surface area contributed by atoms with Crippen LogP contribution in [-0.4, -0.2) is 12.5 Å². The van der Waals surface area contributed by atoms with E-state index < -0.39 is 0 Å². The fourth-order valence-electron chi connectivity index (χ4n) is 2.45. The van der Waals surface area contributed by atoms with Gasteiger partial charge in [0.25, 0.3) is 5.91 Å². The number of hydrogen-bond acceptors (Lipinski definition) is 1. The molecule has 0 aliphatic carbocycles. The van der Waals surface area contributed by atoms with Crippen LogP contribution in [0.1, 0.15) is 44.9 Å². The van der Waals surface area contributed by atoms with Gasteiger partial charge in [0, 0.05) is 11.3 Å². The SMILES string of the molecule is C[C@@H]([NH2+]CC(=O)Nc1ccc(C(C)(C)C)cc1)c1ccc(F)cc1. The van der Waals surface area contributed by atoms with E-state index in [9.17, 15) is 9.18 Å². The van der Waals surface area contributed by atoms with Crippen LogP contribution >= 0.6 is 0 Å². The number of benzene rings is 2. The van der Waals surface area contributed by atoms with Crippen LogP contribution in [0.15, 0.2) is 48.5 Å². The Morgan fingerprint density at radius 3 is 2.21 bits per heavy atom. The van der Waals surface area contributed by atoms with Crippen molar-refractivity contribution in [2.75, 3.05) is 11.9 Å². The fraction of sp³-hybridized carbons (Fsp3) is 0.350. The van der Waals surface area contributed by atoms with Gasteiger partial charge in [-0.3, -0.25) is 4.79 Å². The van der Waals surface area contributed by atoms with E-state index in [-0.39, 0.29) is 23.2 Å². The van der Waals surface area contributed by atoms with Gasteiger partial charge in [0.15, 0.2) is 6.54 Å². The lowest BCUT2D eigenvalue weighted by molar-refractivity contribution is -0.682. The summed E-state index contributed by atoms with van der Waals surface area (Å²) in [6.07, 6.45) is 0. The van der Waals surface area contributed by atoms with Crippen molar-refractivity contribution in [2.24, 2.45) is 0 Å². The summed E-state index contributed by atoms with van der Waals surface area (Å²) in [7, 11) is 0. The number of carbonyl (C=O) groups is 1. The zero-order chi connectivity index (χ0) is 17.7. The van der Waals surface area contributed by atoms with Crippen LogP contribution in [0.3, 0.4) is 0 Å². The Labute approximate surface area is 143 Å². The molecule has 0 fully saturated rings. The third kappa shape index (κ3) is 5.17. The topological polar surface area (TPSA) is 45.7 Å². The summed E-state index contributed by atoms with van der Waals surface area (Å²) in [5.41, 5.74) is 3.13. The lowest BCUT2D eigenvalue weighted by atomic mass is 9.87. The summed E-state index contributed by atoms with van der Waals surface area (Å²) in [6.45, 7) is 8.80. The van der Waals surface area contributed by atoms with Crippen molar-refractivity contribution in [3.63, 3.8) is 0 Å². The Hall–Kier alpha value is -2.20. The second-order valence-corrected chi connectivity index (χ2v) is 7.16. The van der Waals surface area contributed by atoms with Gasteiger partial charge in [-0.2, -0.15) is 0 Å². The molecule has 0 heterocycles. The number of nitrogens with one attached hydrogen (secondary N) is 1. The molecule has 0 unspecified atom stereocenters. The summed E-state index contributed by atoms with van der Waals surface area (Å²) in [6, 6.07) is 14.4. The van der Waals surface area contributed by atoms with Crippen LogP contribution in [0, 0.1) is 5.82 Å². The first-order chi connectivity index (χ1) is 11.3. The fourth-order valence-corrected chi connectivity index (χ4v) is 2.45. The minimum Gasteiger partial charge on any atom is -0.333 e. The molecule has 0 bridgehead atoms. The molecule has 0 saturated carbocycles. The first-order valence-electron chi connectivity index (χ1n) is 8.25. The highest BCUT2D eigenvalue weighted by Gasteiger charge is 2.14. The third-order valence-electron chi connectivity index (χ3n) is 4.09. The Balaban J connectivity index is 1.86. The average molecular weight is 329 g/mol. The van der Waals surface area contributed by atoms with Crippen molar-refractivity contribution in [3.8, 4) is 0 Å². The Kier molecular flexibility index (Phi) is 5.73. The molecule has 0 aliphatic rings. The van der Waals surface area contributed by atoms with E-state index in [1.54, 1.807) is 12.1 Å². The van der Waals surface area contributed by atoms with E-state index in [2.05, 4.69) is 26.1 Å². The quantitative estimate of drug-likeness (QED) is 0.868. The number of hydrogen-bond donors (Lipinski definition) is 2. The van der Waals surface area contributed by atoms with Gasteiger partial charge < -0.3 is 10.6 Å². The van der Waals surface area contributed by atoms with Crippen LogP contribution < -0.4 is 10.6 Å². The number of rotatable bonds is 5. The van der Waals surface area contributed by atoms with Gasteiger partial charge in [0.05, 0.1) is 0 Å². The maximum Gasteiger partial charge on any atom is 0.279 e. The zero-order valence-corrected chi connectivity index (χ0v) is 14.8. The Morgan fingerprint density at radius 1 is 1.08 bits per heavy atom. The van der Waals surface area contributed by atoms with Gasteiger partial charge in [-0.25, -0.2) is 4.39 Å². The number of anilines is 1. The molecule has 1 atom stereocenters. The molecule has 0 aromatic heterocycles. The van der Waals surface area contributed by atoms with E-state index in [0.717, 1.165) is 11.3 Å². The van der Waals surface area contributed by atoms with Gasteiger partial charge in [-0.05, 0) is 42.2 Å². The first-order valence-corrected chi connectivity index (χ1v) is 8.25. The summed E-state index contributed by atoms with van der Waals surface area (Å²) < 4.78 is 12.9. The van der Waals surface area contributed by atoms with Gasteiger partial charge in [-0.15, -0.1) is 0 Å². The highest BCUT2D eigenvalue weighted by molar-refractivity contribution is 5.91. The molecule has 24 heavy (non-hydrogen) atoms. The van der Waals surface area contributed by atoms with Crippen LogP contribution in [0.2, 0.25) is 0 Å². The highest BCUT2D eigenvalue weighted by Crippen LogP contribution is 2.23. The predicted octanol–water partition coefficient (Wildman–Crippen LogP) is 3.39. The van der Waals surface area contributed by atoms with Crippen molar-refractivity contribution >= 4 is 11.6 Å². The highest BCUT2D eigenvalue weighted by atomic mass is 19.1. The Morgan fingerprint density at radius 2 is 1.67 bits per heavy atom. The van der Waals surface area contributed by atoms with E-state index in [1.165, 1.54) is 17.7 Å². The van der Waals surface area contributed by atoms with E-state index in [1.807, 2.05) is 36.5 Å². The summed E-state index contributed by atoms with van der Waals surface area (Å²) in [5.74, 6) is -0.296. The lowest BCUT2D eigenvalue weighted by Gasteiger charge is -2.19. The Bertz CT molecular complexity index is 672. The molecule has 3 nitrogen and oxygen atoms in total. The molecule has 3 N–H and O–H groups in total. The molecular weight excluding hydrogens is 303 g/mol. The van der Waals surface area contributed by atoms with Gasteiger partial charge in [0.2, 0.25) is 0 Å². The van der Waals surface area contributed by atoms with Crippen molar-refractivity contribution in [1.29, 1.82) is 0 Å². The molecule has 0 radical (unpaired) electrons. The summed E-state index contributed by atoms with van der Waals surface area (Å²) in [4.78, 5) is 12.1. The van der Waals surface area contributed by atoms with Crippen LogP contribution in [0.5, 0.6) is 0 Å². The monoisotopic (exact) mass is 329 g/mol.